The van der Waals surface area contributed by atoms with Crippen molar-refractivity contribution < 1.29 is 14.5 Å². The van der Waals surface area contributed by atoms with E-state index >= 15 is 0 Å². The third kappa shape index (κ3) is 3.28. The Kier molecular flexibility index (Phi) is 4.18. The van der Waals surface area contributed by atoms with Gasteiger partial charge in [-0.1, -0.05) is 12.1 Å². The fourth-order valence-corrected chi connectivity index (χ4v) is 2.54. The van der Waals surface area contributed by atoms with Crippen LogP contribution in [0.5, 0.6) is 5.75 Å². The fraction of sp³-hybridized carbons (Fsp3) is 0.250. The average Bonchev–Trinajstić information content (AvgIpc) is 2.59. The molecule has 0 spiro atoms. The highest BCUT2D eigenvalue weighted by Gasteiger charge is 2.23. The minimum atomic E-state index is -0.435. The Bertz CT molecular complexity index is 748. The SMILES string of the molecule is O=C(CCc1cccc([N+](=O)[O-])c1)N1CCOc2ccncc21. The zero-order valence-electron chi connectivity index (χ0n) is 12.3. The largest absolute Gasteiger partial charge is 0.489 e. The standard InChI is InChI=1S/C16H15N3O4/c20-16(5-4-12-2-1-3-13(10-12)19(21)22)18-8-9-23-15-6-7-17-11-14(15)18/h1-3,6-7,10-11H,4-5,8-9H2. The number of carbonyl (C=O) groups is 1. The summed E-state index contributed by atoms with van der Waals surface area (Å²) in [6.45, 7) is 0.923. The van der Waals surface area contributed by atoms with E-state index in [1.54, 1.807) is 35.5 Å². The van der Waals surface area contributed by atoms with Gasteiger partial charge in [0.15, 0.2) is 0 Å². The molecule has 1 aliphatic rings. The van der Waals surface area contributed by atoms with Gasteiger partial charge in [-0.15, -0.1) is 0 Å². The number of pyridine rings is 1. The molecule has 1 aromatic heterocycles. The molecule has 7 heteroatoms. The van der Waals surface area contributed by atoms with Crippen molar-refractivity contribution in [3.63, 3.8) is 0 Å². The molecule has 23 heavy (non-hydrogen) atoms. The third-order valence-corrected chi connectivity index (χ3v) is 3.67. The van der Waals surface area contributed by atoms with E-state index in [0.29, 0.717) is 31.0 Å². The first-order valence-electron chi connectivity index (χ1n) is 7.25. The van der Waals surface area contributed by atoms with Gasteiger partial charge in [0, 0.05) is 30.8 Å². The van der Waals surface area contributed by atoms with Crippen molar-refractivity contribution in [1.29, 1.82) is 0 Å². The Morgan fingerprint density at radius 3 is 3.09 bits per heavy atom. The second-order valence-electron chi connectivity index (χ2n) is 5.16. The number of hydrogen-bond donors (Lipinski definition) is 0. The summed E-state index contributed by atoms with van der Waals surface area (Å²) in [4.78, 5) is 28.5. The van der Waals surface area contributed by atoms with Crippen LogP contribution in [0.3, 0.4) is 0 Å². The van der Waals surface area contributed by atoms with Gasteiger partial charge >= 0.3 is 0 Å². The van der Waals surface area contributed by atoms with Crippen LogP contribution >= 0.6 is 0 Å². The van der Waals surface area contributed by atoms with Gasteiger partial charge in [0.2, 0.25) is 5.91 Å². The molecule has 7 nitrogen and oxygen atoms in total. The molecular formula is C16H15N3O4. The average molecular weight is 313 g/mol. The molecule has 0 saturated heterocycles. The van der Waals surface area contributed by atoms with E-state index in [2.05, 4.69) is 4.98 Å². The second-order valence-corrected chi connectivity index (χ2v) is 5.16. The molecule has 1 aromatic carbocycles. The van der Waals surface area contributed by atoms with Gasteiger partial charge in [-0.2, -0.15) is 0 Å². The summed E-state index contributed by atoms with van der Waals surface area (Å²) in [6.07, 6.45) is 3.96. The Morgan fingerprint density at radius 1 is 1.39 bits per heavy atom. The van der Waals surface area contributed by atoms with Crippen molar-refractivity contribution in [3.05, 3.63) is 58.4 Å². The molecule has 0 saturated carbocycles. The monoisotopic (exact) mass is 313 g/mol. The number of amides is 1. The van der Waals surface area contributed by atoms with Crippen molar-refractivity contribution in [2.24, 2.45) is 0 Å². The van der Waals surface area contributed by atoms with Gasteiger partial charge in [0.25, 0.3) is 5.69 Å². The normalized spacial score (nSPS) is 13.1. The second kappa shape index (κ2) is 6.43. The zero-order chi connectivity index (χ0) is 16.2. The zero-order valence-corrected chi connectivity index (χ0v) is 12.3. The number of nitro benzene ring substituents is 1. The maximum Gasteiger partial charge on any atom is 0.269 e. The van der Waals surface area contributed by atoms with Crippen LogP contribution in [-0.4, -0.2) is 29.0 Å². The van der Waals surface area contributed by atoms with Crippen LogP contribution in [0.25, 0.3) is 0 Å². The first-order chi connectivity index (χ1) is 11.1. The molecule has 0 N–H and O–H groups in total. The summed E-state index contributed by atoms with van der Waals surface area (Å²) in [5, 5.41) is 10.8. The highest BCUT2D eigenvalue weighted by atomic mass is 16.6. The lowest BCUT2D eigenvalue weighted by Crippen LogP contribution is -2.38. The van der Waals surface area contributed by atoms with E-state index in [1.807, 2.05) is 0 Å². The Morgan fingerprint density at radius 2 is 2.26 bits per heavy atom. The number of carbonyl (C=O) groups excluding carboxylic acids is 1. The van der Waals surface area contributed by atoms with Crippen molar-refractivity contribution in [2.75, 3.05) is 18.1 Å². The predicted octanol–water partition coefficient (Wildman–Crippen LogP) is 2.35. The lowest BCUT2D eigenvalue weighted by atomic mass is 10.1. The van der Waals surface area contributed by atoms with E-state index in [0.717, 1.165) is 5.56 Å². The Balaban J connectivity index is 1.69. The van der Waals surface area contributed by atoms with Crippen molar-refractivity contribution >= 4 is 17.3 Å². The van der Waals surface area contributed by atoms with Crippen LogP contribution in [0, 0.1) is 10.1 Å². The molecular weight excluding hydrogens is 298 g/mol. The molecule has 0 unspecified atom stereocenters. The lowest BCUT2D eigenvalue weighted by Gasteiger charge is -2.29. The maximum absolute atomic E-state index is 12.5. The molecule has 3 rings (SSSR count). The van der Waals surface area contributed by atoms with E-state index in [9.17, 15) is 14.9 Å². The summed E-state index contributed by atoms with van der Waals surface area (Å²) < 4.78 is 5.50. The minimum Gasteiger partial charge on any atom is -0.489 e. The number of ether oxygens (including phenoxy) is 1. The number of nitro groups is 1. The topological polar surface area (TPSA) is 85.6 Å². The van der Waals surface area contributed by atoms with Crippen molar-refractivity contribution in [3.8, 4) is 5.75 Å². The summed E-state index contributed by atoms with van der Waals surface area (Å²) in [5.74, 6) is 0.601. The predicted molar refractivity (Wildman–Crippen MR) is 83.5 cm³/mol. The number of non-ortho nitro benzene ring substituents is 1. The van der Waals surface area contributed by atoms with Gasteiger partial charge in [-0.3, -0.25) is 19.9 Å². The molecule has 0 aliphatic carbocycles. The van der Waals surface area contributed by atoms with Gasteiger partial charge < -0.3 is 9.64 Å². The fourth-order valence-electron chi connectivity index (χ4n) is 2.54. The highest BCUT2D eigenvalue weighted by molar-refractivity contribution is 5.95. The van der Waals surface area contributed by atoms with Crippen LogP contribution < -0.4 is 9.64 Å². The van der Waals surface area contributed by atoms with E-state index in [4.69, 9.17) is 4.74 Å². The first kappa shape index (κ1) is 15.0. The summed E-state index contributed by atoms with van der Waals surface area (Å²) in [5.41, 5.74) is 1.48. The summed E-state index contributed by atoms with van der Waals surface area (Å²) >= 11 is 0. The van der Waals surface area contributed by atoms with Crippen LogP contribution in [0.4, 0.5) is 11.4 Å². The molecule has 2 aromatic rings. The number of rotatable bonds is 4. The van der Waals surface area contributed by atoms with E-state index in [1.165, 1.54) is 12.1 Å². The molecule has 2 heterocycles. The summed E-state index contributed by atoms with van der Waals surface area (Å²) in [6, 6.07) is 8.09. The number of fused-ring (bicyclic) bond motifs is 1. The van der Waals surface area contributed by atoms with Gasteiger partial charge in [0.1, 0.15) is 18.0 Å². The molecule has 118 valence electrons. The molecule has 0 bridgehead atoms. The van der Waals surface area contributed by atoms with Crippen molar-refractivity contribution in [1.82, 2.24) is 4.98 Å². The Hall–Kier alpha value is -2.96. The molecule has 0 fully saturated rings. The van der Waals surface area contributed by atoms with Crippen LogP contribution in [0.1, 0.15) is 12.0 Å². The van der Waals surface area contributed by atoms with Crippen LogP contribution in [0.2, 0.25) is 0 Å². The number of aromatic nitrogens is 1. The van der Waals surface area contributed by atoms with E-state index in [-0.39, 0.29) is 18.0 Å². The maximum atomic E-state index is 12.5. The first-order valence-corrected chi connectivity index (χ1v) is 7.25. The number of benzene rings is 1. The van der Waals surface area contributed by atoms with Gasteiger partial charge in [0.05, 0.1) is 17.7 Å². The Labute approximate surface area is 132 Å². The molecule has 1 amide bonds. The lowest BCUT2D eigenvalue weighted by molar-refractivity contribution is -0.384. The van der Waals surface area contributed by atoms with Crippen LogP contribution in [-0.2, 0) is 11.2 Å². The van der Waals surface area contributed by atoms with Gasteiger partial charge in [-0.25, -0.2) is 0 Å². The van der Waals surface area contributed by atoms with Gasteiger partial charge in [-0.05, 0) is 12.0 Å². The number of anilines is 1. The van der Waals surface area contributed by atoms with Crippen LogP contribution in [0.15, 0.2) is 42.7 Å². The highest BCUT2D eigenvalue weighted by Crippen LogP contribution is 2.30. The molecule has 0 atom stereocenters. The third-order valence-electron chi connectivity index (χ3n) is 3.67. The number of hydrogen-bond acceptors (Lipinski definition) is 5. The smallest absolute Gasteiger partial charge is 0.269 e. The summed E-state index contributed by atoms with van der Waals surface area (Å²) in [7, 11) is 0. The van der Waals surface area contributed by atoms with E-state index < -0.39 is 4.92 Å². The number of nitrogens with zero attached hydrogens (tertiary/aromatic N) is 3. The number of aryl methyl sites for hydroxylation is 1. The molecule has 0 radical (unpaired) electrons. The quantitative estimate of drug-likeness (QED) is 0.639. The minimum absolute atomic E-state index is 0.0378. The molecule has 1 aliphatic heterocycles. The van der Waals surface area contributed by atoms with Crippen molar-refractivity contribution in [2.45, 2.75) is 12.8 Å².